The van der Waals surface area contributed by atoms with E-state index in [4.69, 9.17) is 4.74 Å². The van der Waals surface area contributed by atoms with Gasteiger partial charge in [0.25, 0.3) is 0 Å². The molecule has 1 aliphatic heterocycles. The van der Waals surface area contributed by atoms with Gasteiger partial charge in [0.2, 0.25) is 11.8 Å². The molecule has 2 fully saturated rings. The normalized spacial score (nSPS) is 21.4. The zero-order valence-electron chi connectivity index (χ0n) is 16.6. The Morgan fingerprint density at radius 3 is 3.00 bits per heavy atom. The first kappa shape index (κ1) is 19.4. The summed E-state index contributed by atoms with van der Waals surface area (Å²) in [4.78, 5) is 25.4. The average Bonchev–Trinajstić information content (AvgIpc) is 3.51. The van der Waals surface area contributed by atoms with Gasteiger partial charge in [-0.3, -0.25) is 0 Å². The lowest BCUT2D eigenvalue weighted by atomic mass is 10.1. The molecule has 1 aliphatic carbocycles. The summed E-state index contributed by atoms with van der Waals surface area (Å²) in [5.41, 5.74) is 0.948. The Bertz CT molecular complexity index is 864. The summed E-state index contributed by atoms with van der Waals surface area (Å²) in [6, 6.07) is 8.39. The van der Waals surface area contributed by atoms with Gasteiger partial charge in [-0.1, -0.05) is 12.1 Å². The van der Waals surface area contributed by atoms with E-state index >= 15 is 0 Å². The number of rotatable bonds is 5. The Morgan fingerprint density at radius 1 is 1.28 bits per heavy atom. The number of hydrogen-bond acceptors (Lipinski definition) is 5. The highest BCUT2D eigenvalue weighted by molar-refractivity contribution is 5.75. The number of ether oxygens (including phenoxy) is 1. The molecule has 154 valence electrons. The van der Waals surface area contributed by atoms with Crippen molar-refractivity contribution in [3.63, 3.8) is 0 Å². The fourth-order valence-electron chi connectivity index (χ4n) is 3.74. The van der Waals surface area contributed by atoms with Gasteiger partial charge in [0.15, 0.2) is 0 Å². The number of aromatic nitrogens is 2. The molecular formula is C21H26FN5O2. The fraction of sp³-hybridized carbons (Fsp3) is 0.476. The third-order valence-electron chi connectivity index (χ3n) is 5.35. The van der Waals surface area contributed by atoms with Crippen LogP contribution in [0.15, 0.2) is 36.5 Å². The largest absolute Gasteiger partial charge is 0.478 e. The van der Waals surface area contributed by atoms with E-state index in [1.807, 2.05) is 17.9 Å². The number of benzene rings is 1. The molecule has 2 heterocycles. The number of nitrogens with zero attached hydrogens (tertiary/aromatic N) is 4. The number of nitrogens with one attached hydrogen (secondary N) is 1. The Balaban J connectivity index is 1.31. The van der Waals surface area contributed by atoms with Crippen molar-refractivity contribution >= 4 is 12.0 Å². The standard InChI is InChI=1S/C21H26FN5O2/c1-2-29-19-7-8-23-20(25-19)26-9-4-10-27(12-11-26)21(28)24-18-14-17(18)15-5-3-6-16(22)13-15/h3,5-8,13,17-18H,2,4,9-12,14H2,1H3,(H,24,28)/t17-,18+/m0/s1. The second-order valence-electron chi connectivity index (χ2n) is 7.41. The Hall–Kier alpha value is -2.90. The van der Waals surface area contributed by atoms with Gasteiger partial charge in [0.05, 0.1) is 6.61 Å². The minimum Gasteiger partial charge on any atom is -0.478 e. The molecule has 1 saturated carbocycles. The van der Waals surface area contributed by atoms with Gasteiger partial charge in [-0.15, -0.1) is 0 Å². The number of hydrogen-bond donors (Lipinski definition) is 1. The first-order chi connectivity index (χ1) is 14.1. The maximum atomic E-state index is 13.4. The quantitative estimate of drug-likeness (QED) is 0.837. The van der Waals surface area contributed by atoms with E-state index in [9.17, 15) is 9.18 Å². The van der Waals surface area contributed by atoms with Crippen LogP contribution in [-0.2, 0) is 0 Å². The topological polar surface area (TPSA) is 70.6 Å². The second-order valence-corrected chi connectivity index (χ2v) is 7.41. The third-order valence-corrected chi connectivity index (χ3v) is 5.35. The van der Waals surface area contributed by atoms with E-state index in [-0.39, 0.29) is 23.8 Å². The zero-order chi connectivity index (χ0) is 20.2. The molecular weight excluding hydrogens is 373 g/mol. The van der Waals surface area contributed by atoms with E-state index in [0.717, 1.165) is 24.9 Å². The Labute approximate surface area is 169 Å². The van der Waals surface area contributed by atoms with E-state index in [2.05, 4.69) is 20.2 Å². The number of carbonyl (C=O) groups is 1. The van der Waals surface area contributed by atoms with Gasteiger partial charge in [-0.2, -0.15) is 4.98 Å². The molecule has 29 heavy (non-hydrogen) atoms. The summed E-state index contributed by atoms with van der Waals surface area (Å²) >= 11 is 0. The summed E-state index contributed by atoms with van der Waals surface area (Å²) < 4.78 is 18.9. The minimum atomic E-state index is -0.234. The van der Waals surface area contributed by atoms with Crippen LogP contribution in [0.4, 0.5) is 15.1 Å². The molecule has 0 spiro atoms. The van der Waals surface area contributed by atoms with Crippen molar-refractivity contribution in [2.24, 2.45) is 0 Å². The summed E-state index contributed by atoms with van der Waals surface area (Å²) in [5.74, 6) is 1.16. The smallest absolute Gasteiger partial charge is 0.317 e. The van der Waals surface area contributed by atoms with Gasteiger partial charge < -0.3 is 19.9 Å². The van der Waals surface area contributed by atoms with Crippen molar-refractivity contribution in [1.82, 2.24) is 20.2 Å². The second kappa shape index (κ2) is 8.63. The van der Waals surface area contributed by atoms with E-state index < -0.39 is 0 Å². The van der Waals surface area contributed by atoms with E-state index in [1.165, 1.54) is 6.07 Å². The molecule has 0 radical (unpaired) electrons. The number of anilines is 1. The highest BCUT2D eigenvalue weighted by Gasteiger charge is 2.40. The lowest BCUT2D eigenvalue weighted by Crippen LogP contribution is -2.43. The molecule has 0 unspecified atom stereocenters. The lowest BCUT2D eigenvalue weighted by molar-refractivity contribution is 0.201. The van der Waals surface area contributed by atoms with Crippen LogP contribution >= 0.6 is 0 Å². The monoisotopic (exact) mass is 399 g/mol. The van der Waals surface area contributed by atoms with Gasteiger partial charge in [0.1, 0.15) is 5.82 Å². The van der Waals surface area contributed by atoms with E-state index in [0.29, 0.717) is 38.1 Å². The highest BCUT2D eigenvalue weighted by atomic mass is 19.1. The van der Waals surface area contributed by atoms with Crippen LogP contribution < -0.4 is 15.0 Å². The van der Waals surface area contributed by atoms with Crippen LogP contribution in [0.25, 0.3) is 0 Å². The lowest BCUT2D eigenvalue weighted by Gasteiger charge is -2.22. The van der Waals surface area contributed by atoms with Crippen LogP contribution in [0, 0.1) is 5.82 Å². The maximum Gasteiger partial charge on any atom is 0.317 e. The minimum absolute atomic E-state index is 0.0558. The fourth-order valence-corrected chi connectivity index (χ4v) is 3.74. The van der Waals surface area contributed by atoms with Gasteiger partial charge in [-0.25, -0.2) is 14.2 Å². The van der Waals surface area contributed by atoms with Gasteiger partial charge >= 0.3 is 6.03 Å². The molecule has 2 aliphatic rings. The first-order valence-corrected chi connectivity index (χ1v) is 10.2. The van der Waals surface area contributed by atoms with Crippen LogP contribution in [0.5, 0.6) is 5.88 Å². The van der Waals surface area contributed by atoms with Crippen molar-refractivity contribution in [3.8, 4) is 5.88 Å². The summed E-state index contributed by atoms with van der Waals surface area (Å²) in [6.07, 6.45) is 3.39. The molecule has 1 aromatic heterocycles. The number of halogens is 1. The molecule has 7 nitrogen and oxygen atoms in total. The molecule has 2 aromatic rings. The highest BCUT2D eigenvalue weighted by Crippen LogP contribution is 2.41. The number of amides is 2. The molecule has 1 saturated heterocycles. The van der Waals surface area contributed by atoms with Crippen LogP contribution in [0.1, 0.15) is 31.2 Å². The summed E-state index contributed by atoms with van der Waals surface area (Å²) in [7, 11) is 0. The Kier molecular flexibility index (Phi) is 5.78. The molecule has 8 heteroatoms. The van der Waals surface area contributed by atoms with Crippen LogP contribution in [0.3, 0.4) is 0 Å². The third kappa shape index (κ3) is 4.75. The van der Waals surface area contributed by atoms with Crippen LogP contribution in [-0.4, -0.2) is 59.7 Å². The molecule has 1 N–H and O–H groups in total. The molecule has 1 aromatic carbocycles. The molecule has 4 rings (SSSR count). The van der Waals surface area contributed by atoms with E-state index in [1.54, 1.807) is 24.4 Å². The van der Waals surface area contributed by atoms with Gasteiger partial charge in [-0.05, 0) is 37.5 Å². The average molecular weight is 399 g/mol. The van der Waals surface area contributed by atoms with Crippen LogP contribution in [0.2, 0.25) is 0 Å². The molecule has 2 atom stereocenters. The number of carbonyl (C=O) groups excluding carboxylic acids is 1. The summed E-state index contributed by atoms with van der Waals surface area (Å²) in [5, 5.41) is 3.09. The molecule has 2 amide bonds. The van der Waals surface area contributed by atoms with Crippen molar-refractivity contribution in [1.29, 1.82) is 0 Å². The zero-order valence-corrected chi connectivity index (χ0v) is 16.6. The summed E-state index contributed by atoms with van der Waals surface area (Å²) in [6.45, 7) is 5.22. The van der Waals surface area contributed by atoms with Crippen molar-refractivity contribution < 1.29 is 13.9 Å². The predicted molar refractivity (Wildman–Crippen MR) is 108 cm³/mol. The Morgan fingerprint density at radius 2 is 2.17 bits per heavy atom. The van der Waals surface area contributed by atoms with Gasteiger partial charge in [0, 0.05) is 50.4 Å². The number of urea groups is 1. The first-order valence-electron chi connectivity index (χ1n) is 10.2. The van der Waals surface area contributed by atoms with Crippen molar-refractivity contribution in [2.75, 3.05) is 37.7 Å². The van der Waals surface area contributed by atoms with Crippen molar-refractivity contribution in [2.45, 2.75) is 31.7 Å². The SMILES string of the molecule is CCOc1ccnc(N2CCCN(C(=O)N[C@@H]3C[C@H]3c3cccc(F)c3)CC2)n1. The maximum absolute atomic E-state index is 13.4. The van der Waals surface area contributed by atoms with Crippen molar-refractivity contribution in [3.05, 3.63) is 47.9 Å². The predicted octanol–water partition coefficient (Wildman–Crippen LogP) is 2.79. The molecule has 0 bridgehead atoms.